The predicted octanol–water partition coefficient (Wildman–Crippen LogP) is 3.83. The molecule has 0 saturated heterocycles. The average molecular weight is 517 g/mol. The molecule has 14 heteroatoms. The first kappa shape index (κ1) is 36.2. The maximum atomic E-state index is 7.56. The number of rotatable bonds is 4. The summed E-state index contributed by atoms with van der Waals surface area (Å²) in [6.07, 6.45) is 1.25. The van der Waals surface area contributed by atoms with Gasteiger partial charge in [0, 0.05) is 5.69 Å². The lowest BCUT2D eigenvalue weighted by Crippen LogP contribution is -1.92. The fourth-order valence-electron chi connectivity index (χ4n) is 0.929. The highest BCUT2D eigenvalue weighted by Gasteiger charge is 2.01. The topological polar surface area (TPSA) is 147 Å². The van der Waals surface area contributed by atoms with Gasteiger partial charge in [0.1, 0.15) is 5.03 Å². The molecule has 0 amide bonds. The van der Waals surface area contributed by atoms with E-state index in [1.54, 1.807) is 23.5 Å². The summed E-state index contributed by atoms with van der Waals surface area (Å²) in [5.41, 5.74) is 1.06. The van der Waals surface area contributed by atoms with E-state index in [2.05, 4.69) is 61.3 Å². The Hall–Kier alpha value is 0.840. The molecule has 0 atom stereocenters. The molecule has 0 bridgehead atoms. The van der Waals surface area contributed by atoms with E-state index in [4.69, 9.17) is 29.4 Å². The molecule has 0 aliphatic heterocycles. The van der Waals surface area contributed by atoms with Crippen molar-refractivity contribution in [3.63, 3.8) is 0 Å². The third-order valence-corrected chi connectivity index (χ3v) is 2.90. The van der Waals surface area contributed by atoms with Gasteiger partial charge in [0.2, 0.25) is 0 Å². The Morgan fingerprint density at radius 1 is 0.821 bits per heavy atom. The van der Waals surface area contributed by atoms with Crippen LogP contribution in [0.4, 0.5) is 0 Å². The van der Waals surface area contributed by atoms with Crippen LogP contribution in [0.1, 0.15) is 53.7 Å². The van der Waals surface area contributed by atoms with Crippen LogP contribution in [-0.4, -0.2) is 50.8 Å². The van der Waals surface area contributed by atoms with Crippen LogP contribution in [0.15, 0.2) is 16.2 Å². The van der Waals surface area contributed by atoms with Gasteiger partial charge in [-0.25, -0.2) is 9.97 Å². The van der Waals surface area contributed by atoms with E-state index < -0.39 is 13.4 Å². The maximum Gasteiger partial charge on any atom is 0.319 e. The molecule has 1 heterocycles. The Morgan fingerprint density at radius 2 is 1.14 bits per heavy atom. The fourth-order valence-corrected chi connectivity index (χ4v) is 2.32. The van der Waals surface area contributed by atoms with E-state index in [9.17, 15) is 0 Å². The van der Waals surface area contributed by atoms with Gasteiger partial charge < -0.3 is 29.4 Å². The van der Waals surface area contributed by atoms with Crippen molar-refractivity contribution in [2.75, 3.05) is 11.5 Å². The fraction of sp³-hybridized carbons (Fsp3) is 0.714. The zero-order valence-corrected chi connectivity index (χ0v) is 22.4. The second kappa shape index (κ2) is 22.5. The molecule has 8 nitrogen and oxygen atoms in total. The lowest BCUT2D eigenvalue weighted by molar-refractivity contribution is 0.361. The van der Waals surface area contributed by atoms with E-state index >= 15 is 0 Å². The first-order valence-electron chi connectivity index (χ1n) is 8.35. The maximum absolute atomic E-state index is 7.56. The van der Waals surface area contributed by atoms with Crippen molar-refractivity contribution >= 4 is 60.6 Å². The Bertz CT molecular complexity index is 512. The lowest BCUT2D eigenvalue weighted by atomic mass is 10.5. The molecule has 0 aliphatic rings. The molecule has 1 aromatic heterocycles. The van der Waals surface area contributed by atoms with Crippen LogP contribution in [0.25, 0.3) is 0 Å². The third-order valence-electron chi connectivity index (χ3n) is 1.38. The highest BCUT2D eigenvalue weighted by atomic mass is 32.5. The van der Waals surface area contributed by atoms with Crippen LogP contribution in [0.5, 0.6) is 0 Å². The second-order valence-corrected chi connectivity index (χ2v) is 11.7. The smallest absolute Gasteiger partial charge is 0.319 e. The van der Waals surface area contributed by atoms with Crippen LogP contribution in [0.2, 0.25) is 0 Å². The quantitative estimate of drug-likeness (QED) is 0.150. The molecule has 1 aromatic rings. The zero-order chi connectivity index (χ0) is 23.4. The minimum absolute atomic E-state index is 0.901. The molecule has 6 N–H and O–H groups in total. The summed E-state index contributed by atoms with van der Waals surface area (Å²) in [4.78, 5) is 54.1. The Balaban J connectivity index is -0.000000160. The molecule has 0 aromatic carbocycles. The van der Waals surface area contributed by atoms with Gasteiger partial charge in [-0.15, -0.1) is 11.8 Å². The number of nitrogens with zero attached hydrogens (tertiary/aromatic N) is 2. The largest absolute Gasteiger partial charge is 0.325 e. The van der Waals surface area contributed by atoms with Crippen LogP contribution in [0.3, 0.4) is 0 Å². The predicted molar refractivity (Wildman–Crippen MR) is 129 cm³/mol. The Kier molecular flexibility index (Phi) is 29.1. The minimum Gasteiger partial charge on any atom is -0.325 e. The zero-order valence-electron chi connectivity index (χ0n) is 17.3. The van der Waals surface area contributed by atoms with Gasteiger partial charge in [-0.1, -0.05) is 59.7 Å². The summed E-state index contributed by atoms with van der Waals surface area (Å²) in [6, 6.07) is 2.04. The molecule has 1 rings (SSSR count). The van der Waals surface area contributed by atoms with Crippen molar-refractivity contribution in [2.45, 2.75) is 65.1 Å². The molecule has 0 radical (unpaired) electrons. The van der Waals surface area contributed by atoms with Gasteiger partial charge in [-0.05, 0) is 48.1 Å². The van der Waals surface area contributed by atoms with Gasteiger partial charge in [-0.3, -0.25) is 0 Å². The SMILES string of the molecule is CC.CCC.CCSc1cc(C)nc(SCC)n1.OP(O)(O)=S.OP(O)(O)=S. The van der Waals surface area contributed by atoms with Gasteiger partial charge in [0.25, 0.3) is 0 Å². The molecule has 0 aliphatic carbocycles. The Morgan fingerprint density at radius 3 is 1.43 bits per heavy atom. The summed E-state index contributed by atoms with van der Waals surface area (Å²) in [7, 11) is 0. The van der Waals surface area contributed by atoms with E-state index in [1.165, 1.54) is 6.42 Å². The third kappa shape index (κ3) is 50.5. The van der Waals surface area contributed by atoms with Crippen molar-refractivity contribution in [2.24, 2.45) is 0 Å². The van der Waals surface area contributed by atoms with Crippen molar-refractivity contribution in [3.05, 3.63) is 11.8 Å². The monoisotopic (exact) mass is 516 g/mol. The standard InChI is InChI=1S/C9H14N2S2.C3H8.C2H6.2H3O3PS/c1-4-12-8-6-7(3)10-9(11-8)13-5-2;1-3-2;1-2;2*1-4(2,3)5/h6H,4-5H2,1-3H3;3H2,1-2H3;1-2H3;2*(H3,1,2,3,5). The summed E-state index contributed by atoms with van der Waals surface area (Å²) in [6.45, 7) is 6.90. The van der Waals surface area contributed by atoms with Crippen LogP contribution in [0, 0.1) is 6.92 Å². The number of hydrogen-bond acceptors (Lipinski definition) is 6. The number of hydrogen-bond donors (Lipinski definition) is 6. The normalized spacial score (nSPS) is 9.89. The van der Waals surface area contributed by atoms with Crippen molar-refractivity contribution in [1.29, 1.82) is 0 Å². The van der Waals surface area contributed by atoms with E-state index in [1.807, 2.05) is 26.8 Å². The summed E-state index contributed by atoms with van der Waals surface area (Å²) in [5, 5.41) is 1.99. The van der Waals surface area contributed by atoms with Crippen molar-refractivity contribution < 1.29 is 29.4 Å². The molecule has 0 saturated carbocycles. The number of aromatic nitrogens is 2. The van der Waals surface area contributed by atoms with Gasteiger partial charge in [-0.2, -0.15) is 0 Å². The Labute approximate surface area is 187 Å². The van der Waals surface area contributed by atoms with Crippen LogP contribution >= 0.6 is 37.0 Å². The van der Waals surface area contributed by atoms with Gasteiger partial charge >= 0.3 is 13.4 Å². The summed E-state index contributed by atoms with van der Waals surface area (Å²) >= 11 is 10.7. The van der Waals surface area contributed by atoms with Gasteiger partial charge in [0.05, 0.1) is 0 Å². The lowest BCUT2D eigenvalue weighted by Gasteiger charge is -2.02. The second-order valence-electron chi connectivity index (χ2n) is 4.23. The van der Waals surface area contributed by atoms with Crippen LogP contribution in [-0.2, 0) is 23.6 Å². The summed E-state index contributed by atoms with van der Waals surface area (Å²) in [5.74, 6) is 2.09. The number of thioether (sulfide) groups is 2. The highest BCUT2D eigenvalue weighted by Crippen LogP contribution is 2.27. The molecule has 0 spiro atoms. The summed E-state index contributed by atoms with van der Waals surface area (Å²) < 4.78 is 0. The van der Waals surface area contributed by atoms with E-state index in [0.717, 1.165) is 27.4 Å². The first-order valence-corrected chi connectivity index (χ1v) is 15.6. The van der Waals surface area contributed by atoms with E-state index in [0.29, 0.717) is 0 Å². The molecule has 0 unspecified atom stereocenters. The molecule has 28 heavy (non-hydrogen) atoms. The van der Waals surface area contributed by atoms with Gasteiger partial charge in [0.15, 0.2) is 5.16 Å². The molecular formula is C14H34N2O6P2S4. The van der Waals surface area contributed by atoms with Crippen molar-refractivity contribution in [3.8, 4) is 0 Å². The number of aryl methyl sites for hydroxylation is 1. The first-order chi connectivity index (χ1) is 12.7. The van der Waals surface area contributed by atoms with Crippen molar-refractivity contribution in [1.82, 2.24) is 9.97 Å². The molecular weight excluding hydrogens is 482 g/mol. The van der Waals surface area contributed by atoms with E-state index in [-0.39, 0.29) is 0 Å². The highest BCUT2D eigenvalue weighted by molar-refractivity contribution is 8.06. The minimum atomic E-state index is -3.81. The van der Waals surface area contributed by atoms with Crippen LogP contribution < -0.4 is 0 Å². The molecule has 170 valence electrons. The molecule has 0 fully saturated rings. The average Bonchev–Trinajstić information content (AvgIpc) is 2.47.